The molecular weight excluding hydrogens is 340 g/mol. The molecule has 134 valence electrons. The molecule has 0 bridgehead atoms. The van der Waals surface area contributed by atoms with Crippen LogP contribution in [0.5, 0.6) is 0 Å². The summed E-state index contributed by atoms with van der Waals surface area (Å²) in [5.74, 6) is -1.38. The zero-order chi connectivity index (χ0) is 18.5. The van der Waals surface area contributed by atoms with E-state index in [1.807, 2.05) is 0 Å². The van der Waals surface area contributed by atoms with Crippen molar-refractivity contribution < 1.29 is 18.7 Å². The van der Waals surface area contributed by atoms with Gasteiger partial charge in [-0.05, 0) is 36.2 Å². The smallest absolute Gasteiger partial charge is 0.255 e. The van der Waals surface area contributed by atoms with Crippen LogP contribution in [0.2, 0.25) is 0 Å². The van der Waals surface area contributed by atoms with E-state index < -0.39 is 17.8 Å². The summed E-state index contributed by atoms with van der Waals surface area (Å²) in [7, 11) is 0. The molecule has 3 N–H and O–H groups in total. The molecule has 1 amide bonds. The highest BCUT2D eigenvalue weighted by Gasteiger charge is 2.20. The van der Waals surface area contributed by atoms with Gasteiger partial charge < -0.3 is 10.4 Å². The number of amides is 1. The van der Waals surface area contributed by atoms with Gasteiger partial charge in [-0.15, -0.1) is 0 Å². The highest BCUT2D eigenvalue weighted by atomic mass is 19.1. The second kappa shape index (κ2) is 7.88. The van der Waals surface area contributed by atoms with Gasteiger partial charge in [0.1, 0.15) is 11.6 Å². The van der Waals surface area contributed by atoms with Gasteiger partial charge in [0, 0.05) is 5.56 Å². The second-order valence-electron chi connectivity index (χ2n) is 5.83. The minimum atomic E-state index is -0.618. The lowest BCUT2D eigenvalue weighted by atomic mass is 10.0. The first kappa shape index (κ1) is 17.8. The predicted molar refractivity (Wildman–Crippen MR) is 92.4 cm³/mol. The molecule has 1 aromatic heterocycles. The Balaban J connectivity index is 1.77. The quantitative estimate of drug-likeness (QED) is 0.635. The number of aromatic nitrogens is 2. The normalized spacial score (nSPS) is 12.0. The summed E-state index contributed by atoms with van der Waals surface area (Å²) in [6.45, 7) is -0.324. The second-order valence-corrected chi connectivity index (χ2v) is 5.83. The number of nitrogens with zero attached hydrogens (tertiary/aromatic N) is 1. The number of carbonyl (C=O) groups excluding carboxylic acids is 1. The Morgan fingerprint density at radius 1 is 1.19 bits per heavy atom. The largest absolute Gasteiger partial charge is 0.394 e. The lowest BCUT2D eigenvalue weighted by molar-refractivity contribution is 0.0917. The molecule has 3 rings (SSSR count). The predicted octanol–water partition coefficient (Wildman–Crippen LogP) is 2.69. The molecule has 1 heterocycles. The van der Waals surface area contributed by atoms with Crippen molar-refractivity contribution in [2.75, 3.05) is 6.61 Å². The SMILES string of the molecule is O=C(NC(CO)Cc1cccc(F)c1)c1cn[nH]c1-c1ccccc1F. The number of halogens is 2. The van der Waals surface area contributed by atoms with E-state index in [4.69, 9.17) is 0 Å². The summed E-state index contributed by atoms with van der Waals surface area (Å²) in [5.41, 5.74) is 1.28. The van der Waals surface area contributed by atoms with Crippen LogP contribution in [0.1, 0.15) is 15.9 Å². The molecule has 0 fully saturated rings. The first-order valence-electron chi connectivity index (χ1n) is 8.03. The Morgan fingerprint density at radius 3 is 2.73 bits per heavy atom. The Labute approximate surface area is 148 Å². The molecule has 0 spiro atoms. The van der Waals surface area contributed by atoms with Crippen LogP contribution in [-0.2, 0) is 6.42 Å². The van der Waals surface area contributed by atoms with Gasteiger partial charge in [0.25, 0.3) is 5.91 Å². The van der Waals surface area contributed by atoms with Crippen molar-refractivity contribution in [2.45, 2.75) is 12.5 Å². The van der Waals surface area contributed by atoms with Gasteiger partial charge >= 0.3 is 0 Å². The van der Waals surface area contributed by atoms with Crippen LogP contribution in [0.25, 0.3) is 11.3 Å². The third-order valence-electron chi connectivity index (χ3n) is 3.95. The first-order chi connectivity index (χ1) is 12.6. The molecule has 3 aromatic rings. The zero-order valence-corrected chi connectivity index (χ0v) is 13.7. The number of carbonyl (C=O) groups is 1. The average Bonchev–Trinajstić information content (AvgIpc) is 3.11. The van der Waals surface area contributed by atoms with E-state index in [-0.39, 0.29) is 35.7 Å². The van der Waals surface area contributed by atoms with E-state index in [2.05, 4.69) is 15.5 Å². The van der Waals surface area contributed by atoms with Crippen molar-refractivity contribution in [3.05, 3.63) is 77.5 Å². The third-order valence-corrected chi connectivity index (χ3v) is 3.95. The molecular formula is C19H17F2N3O2. The van der Waals surface area contributed by atoms with Gasteiger partial charge in [0.15, 0.2) is 0 Å². The summed E-state index contributed by atoms with van der Waals surface area (Å²) in [5, 5.41) is 18.7. The lowest BCUT2D eigenvalue weighted by Crippen LogP contribution is -2.39. The van der Waals surface area contributed by atoms with Crippen molar-refractivity contribution >= 4 is 5.91 Å². The van der Waals surface area contributed by atoms with Crippen molar-refractivity contribution in [3.63, 3.8) is 0 Å². The number of aliphatic hydroxyl groups excluding tert-OH is 1. The summed E-state index contributed by atoms with van der Waals surface area (Å²) in [6.07, 6.45) is 1.56. The van der Waals surface area contributed by atoms with Crippen LogP contribution in [-0.4, -0.2) is 33.9 Å². The zero-order valence-electron chi connectivity index (χ0n) is 13.7. The van der Waals surface area contributed by atoms with E-state index in [0.717, 1.165) is 0 Å². The average molecular weight is 357 g/mol. The van der Waals surface area contributed by atoms with Crippen molar-refractivity contribution in [3.8, 4) is 11.3 Å². The Morgan fingerprint density at radius 2 is 2.00 bits per heavy atom. The number of nitrogens with one attached hydrogen (secondary N) is 2. The van der Waals surface area contributed by atoms with Gasteiger partial charge in [-0.2, -0.15) is 5.10 Å². The van der Waals surface area contributed by atoms with Gasteiger partial charge in [-0.1, -0.05) is 24.3 Å². The maximum atomic E-state index is 14.0. The van der Waals surface area contributed by atoms with Gasteiger partial charge in [0.2, 0.25) is 0 Å². The topological polar surface area (TPSA) is 78.0 Å². The fourth-order valence-corrected chi connectivity index (χ4v) is 2.70. The molecule has 2 aromatic carbocycles. The summed E-state index contributed by atoms with van der Waals surface area (Å²) in [4.78, 5) is 12.6. The molecule has 0 saturated carbocycles. The van der Waals surface area contributed by atoms with Crippen LogP contribution < -0.4 is 5.32 Å². The molecule has 0 aliphatic heterocycles. The number of benzene rings is 2. The molecule has 7 heteroatoms. The van der Waals surface area contributed by atoms with Crippen LogP contribution in [0.15, 0.2) is 54.7 Å². The Hall–Kier alpha value is -3.06. The monoisotopic (exact) mass is 357 g/mol. The van der Waals surface area contributed by atoms with Gasteiger partial charge in [0.05, 0.1) is 30.1 Å². The standard InChI is InChI=1S/C19H17F2N3O2/c20-13-5-3-4-12(8-13)9-14(11-25)23-19(26)16-10-22-24-18(16)15-6-1-2-7-17(15)21/h1-8,10,14,25H,9,11H2,(H,22,24)(H,23,26). The van der Waals surface area contributed by atoms with E-state index in [0.29, 0.717) is 5.56 Å². The number of aliphatic hydroxyl groups is 1. The highest BCUT2D eigenvalue weighted by Crippen LogP contribution is 2.24. The summed E-state index contributed by atoms with van der Waals surface area (Å²) >= 11 is 0. The van der Waals surface area contributed by atoms with Crippen LogP contribution in [0.3, 0.4) is 0 Å². The third kappa shape index (κ3) is 3.94. The van der Waals surface area contributed by atoms with Gasteiger partial charge in [-0.25, -0.2) is 8.78 Å². The van der Waals surface area contributed by atoms with Crippen LogP contribution in [0, 0.1) is 11.6 Å². The number of H-pyrrole nitrogens is 1. The minimum absolute atomic E-state index is 0.160. The van der Waals surface area contributed by atoms with Crippen molar-refractivity contribution in [1.29, 1.82) is 0 Å². The molecule has 0 radical (unpaired) electrons. The number of aromatic amines is 1. The van der Waals surface area contributed by atoms with Crippen molar-refractivity contribution in [1.82, 2.24) is 15.5 Å². The molecule has 0 aliphatic carbocycles. The highest BCUT2D eigenvalue weighted by molar-refractivity contribution is 5.99. The molecule has 26 heavy (non-hydrogen) atoms. The number of rotatable bonds is 6. The number of hydrogen-bond acceptors (Lipinski definition) is 3. The van der Waals surface area contributed by atoms with E-state index >= 15 is 0 Å². The van der Waals surface area contributed by atoms with Crippen LogP contribution in [0.4, 0.5) is 8.78 Å². The minimum Gasteiger partial charge on any atom is -0.394 e. The maximum absolute atomic E-state index is 14.0. The molecule has 1 atom stereocenters. The lowest BCUT2D eigenvalue weighted by Gasteiger charge is -2.16. The van der Waals surface area contributed by atoms with Crippen molar-refractivity contribution in [2.24, 2.45) is 0 Å². The van der Waals surface area contributed by atoms with E-state index in [9.17, 15) is 18.7 Å². The van der Waals surface area contributed by atoms with E-state index in [1.165, 1.54) is 30.5 Å². The molecule has 1 unspecified atom stereocenters. The maximum Gasteiger partial charge on any atom is 0.255 e. The molecule has 5 nitrogen and oxygen atoms in total. The Bertz CT molecular complexity index is 911. The molecule has 0 aliphatic rings. The van der Waals surface area contributed by atoms with Crippen LogP contribution >= 0.6 is 0 Å². The first-order valence-corrected chi connectivity index (χ1v) is 8.03. The summed E-state index contributed by atoms with van der Waals surface area (Å²) < 4.78 is 27.3. The van der Waals surface area contributed by atoms with E-state index in [1.54, 1.807) is 24.3 Å². The number of hydrogen-bond donors (Lipinski definition) is 3. The Kier molecular flexibility index (Phi) is 5.38. The fourth-order valence-electron chi connectivity index (χ4n) is 2.70. The fraction of sp³-hybridized carbons (Fsp3) is 0.158. The van der Waals surface area contributed by atoms with Gasteiger partial charge in [-0.3, -0.25) is 9.89 Å². The summed E-state index contributed by atoms with van der Waals surface area (Å²) in [6, 6.07) is 11.4. The molecule has 0 saturated heterocycles.